The van der Waals surface area contributed by atoms with E-state index in [4.69, 9.17) is 28.7 Å². The summed E-state index contributed by atoms with van der Waals surface area (Å²) in [4.78, 5) is 49.0. The molecule has 264 valence electrons. The third-order valence-corrected chi connectivity index (χ3v) is 8.91. The molecule has 0 bridgehead atoms. The molecule has 6 rings (SSSR count). The molecule has 1 saturated carbocycles. The third kappa shape index (κ3) is 8.27. The van der Waals surface area contributed by atoms with E-state index in [0.717, 1.165) is 42.6 Å². The zero-order valence-electron chi connectivity index (χ0n) is 29.4. The van der Waals surface area contributed by atoms with Crippen molar-refractivity contribution >= 4 is 22.9 Å². The summed E-state index contributed by atoms with van der Waals surface area (Å²) in [5.41, 5.74) is 2.13. The smallest absolute Gasteiger partial charge is 0.410 e. The van der Waals surface area contributed by atoms with Gasteiger partial charge in [-0.15, -0.1) is 0 Å². The van der Waals surface area contributed by atoms with Crippen LogP contribution in [0.3, 0.4) is 0 Å². The van der Waals surface area contributed by atoms with Gasteiger partial charge < -0.3 is 33.6 Å². The number of carbonyl (C=O) groups is 2. The lowest BCUT2D eigenvalue weighted by atomic mass is 9.87. The van der Waals surface area contributed by atoms with Gasteiger partial charge >= 0.3 is 6.09 Å². The average molecular weight is 684 g/mol. The summed E-state index contributed by atoms with van der Waals surface area (Å²) < 4.78 is 28.9. The normalized spacial score (nSPS) is 16.3. The van der Waals surface area contributed by atoms with Crippen molar-refractivity contribution in [3.63, 3.8) is 0 Å². The molecule has 2 aliphatic rings. The van der Waals surface area contributed by atoms with Crippen LogP contribution in [0.1, 0.15) is 73.9 Å². The van der Waals surface area contributed by atoms with Gasteiger partial charge in [0.15, 0.2) is 5.78 Å². The molecule has 1 unspecified atom stereocenters. The van der Waals surface area contributed by atoms with E-state index < -0.39 is 16.9 Å². The minimum atomic E-state index is -0.636. The number of likely N-dealkylation sites (tertiary alicyclic amines) is 1. The first kappa shape index (κ1) is 34.9. The number of carbonyl (C=O) groups excluding carboxylic acids is 2. The maximum absolute atomic E-state index is 13.3. The van der Waals surface area contributed by atoms with Crippen molar-refractivity contribution < 1.29 is 33.3 Å². The summed E-state index contributed by atoms with van der Waals surface area (Å²) in [5.74, 6) is 1.88. The second-order valence-electron chi connectivity index (χ2n) is 14.0. The van der Waals surface area contributed by atoms with Crippen LogP contribution in [0.4, 0.5) is 4.79 Å². The number of H-pyrrole nitrogens is 1. The highest BCUT2D eigenvalue weighted by Crippen LogP contribution is 2.42. The van der Waals surface area contributed by atoms with Crippen LogP contribution in [0.5, 0.6) is 17.2 Å². The Bertz CT molecular complexity index is 1910. The van der Waals surface area contributed by atoms with Crippen molar-refractivity contribution in [1.29, 1.82) is 0 Å². The Hall–Kier alpha value is -4.90. The van der Waals surface area contributed by atoms with Crippen LogP contribution in [-0.2, 0) is 16.1 Å². The first-order chi connectivity index (χ1) is 24.0. The first-order valence-electron chi connectivity index (χ1n) is 17.1. The molecule has 4 aromatic rings. The van der Waals surface area contributed by atoms with Gasteiger partial charge in [0.05, 0.1) is 30.5 Å². The van der Waals surface area contributed by atoms with Gasteiger partial charge in [0.25, 0.3) is 5.56 Å². The number of fused-ring (bicyclic) bond motifs is 1. The number of ketones is 1. The number of benzene rings is 2. The molecular formula is C39H45N3O8. The number of hydrogen-bond donors (Lipinski definition) is 1. The molecule has 1 saturated heterocycles. The van der Waals surface area contributed by atoms with E-state index in [1.165, 1.54) is 7.11 Å². The summed E-state index contributed by atoms with van der Waals surface area (Å²) >= 11 is 0. The summed E-state index contributed by atoms with van der Waals surface area (Å²) in [5, 5.41) is 0.626. The summed E-state index contributed by atoms with van der Waals surface area (Å²) in [6.45, 7) is 7.14. The highest BCUT2D eigenvalue weighted by molar-refractivity contribution is 6.00. The topological polar surface area (TPSA) is 129 Å². The van der Waals surface area contributed by atoms with Crippen molar-refractivity contribution in [1.82, 2.24) is 14.9 Å². The van der Waals surface area contributed by atoms with E-state index in [9.17, 15) is 14.4 Å². The van der Waals surface area contributed by atoms with Crippen LogP contribution < -0.4 is 19.8 Å². The van der Waals surface area contributed by atoms with Crippen LogP contribution in [0.2, 0.25) is 0 Å². The number of aromatic nitrogens is 2. The van der Waals surface area contributed by atoms with Crippen molar-refractivity contribution in [2.45, 2.75) is 64.6 Å². The van der Waals surface area contributed by atoms with Gasteiger partial charge in [-0.05, 0) is 99.9 Å². The Morgan fingerprint density at radius 3 is 2.40 bits per heavy atom. The van der Waals surface area contributed by atoms with Crippen molar-refractivity contribution in [2.75, 3.05) is 40.5 Å². The molecule has 1 aliphatic heterocycles. The van der Waals surface area contributed by atoms with E-state index in [1.54, 1.807) is 18.1 Å². The molecule has 3 heterocycles. The highest BCUT2D eigenvalue weighted by atomic mass is 16.6. The van der Waals surface area contributed by atoms with Gasteiger partial charge in [0, 0.05) is 31.5 Å². The number of rotatable bonds is 12. The number of methoxy groups -OCH3 is 2. The number of hydrogen-bond acceptors (Lipinski definition) is 9. The van der Waals surface area contributed by atoms with Crippen molar-refractivity contribution in [2.24, 2.45) is 5.92 Å². The minimum Gasteiger partial charge on any atom is -0.497 e. The van der Waals surface area contributed by atoms with Crippen LogP contribution in [0, 0.1) is 5.92 Å². The van der Waals surface area contributed by atoms with Crippen LogP contribution in [0.25, 0.3) is 22.3 Å². The number of piperidine rings is 1. The van der Waals surface area contributed by atoms with Crippen molar-refractivity contribution in [3.05, 3.63) is 81.6 Å². The molecular weight excluding hydrogens is 638 g/mol. The molecule has 2 aromatic carbocycles. The van der Waals surface area contributed by atoms with Gasteiger partial charge in [-0.25, -0.2) is 9.78 Å². The number of pyridine rings is 2. The Kier molecular flexibility index (Phi) is 10.4. The monoisotopic (exact) mass is 683 g/mol. The summed E-state index contributed by atoms with van der Waals surface area (Å²) in [7, 11) is 3.04. The number of amides is 1. The fourth-order valence-corrected chi connectivity index (χ4v) is 6.19. The van der Waals surface area contributed by atoms with Crippen LogP contribution in [0.15, 0.2) is 59.4 Å². The minimum absolute atomic E-state index is 0.00774. The van der Waals surface area contributed by atoms with E-state index >= 15 is 0 Å². The van der Waals surface area contributed by atoms with Crippen molar-refractivity contribution in [3.8, 4) is 28.5 Å². The van der Waals surface area contributed by atoms with E-state index in [0.29, 0.717) is 66.0 Å². The second kappa shape index (κ2) is 14.9. The largest absolute Gasteiger partial charge is 0.497 e. The van der Waals surface area contributed by atoms with Crippen LogP contribution >= 0.6 is 0 Å². The van der Waals surface area contributed by atoms with Gasteiger partial charge in [-0.2, -0.15) is 0 Å². The Labute approximate surface area is 291 Å². The number of aromatic amines is 1. The fourth-order valence-electron chi connectivity index (χ4n) is 6.19. The number of ether oxygens (including phenoxy) is 5. The predicted molar refractivity (Wildman–Crippen MR) is 189 cm³/mol. The Morgan fingerprint density at radius 1 is 0.980 bits per heavy atom. The predicted octanol–water partition coefficient (Wildman–Crippen LogP) is 6.91. The standard InChI is InChI=1S/C39H45N3O8/c1-39(2,3)50-38(45)42-17-7-8-26(20-42)28-19-31(40-36-29(28)18-30(37(44)41-36)32(43)23-46-4)35-33(48-21-24-11-12-24)9-6-10-34(35)49-22-25-13-15-27(47-5)16-14-25/h6,9-10,13-16,18-19,24,26H,7-8,11-12,17,20-23H2,1-5H3,(H,40,41,44). The third-order valence-electron chi connectivity index (χ3n) is 8.91. The molecule has 0 radical (unpaired) electrons. The molecule has 1 N–H and O–H groups in total. The molecule has 2 aromatic heterocycles. The van der Waals surface area contributed by atoms with Gasteiger partial charge in [0.2, 0.25) is 0 Å². The molecule has 11 heteroatoms. The van der Waals surface area contributed by atoms with E-state index in [-0.39, 0.29) is 24.2 Å². The molecule has 1 atom stereocenters. The number of Topliss-reactive ketones (excluding diaryl/α,β-unsaturated/α-hetero) is 1. The highest BCUT2D eigenvalue weighted by Gasteiger charge is 2.31. The number of nitrogens with one attached hydrogen (secondary N) is 1. The SMILES string of the molecule is COCC(=O)c1cc2c(C3CCCN(C(=O)OC(C)(C)C)C3)cc(-c3c(OCc4ccc(OC)cc4)cccc3OCC3CC3)nc2[nH]c1=O. The van der Waals surface area contributed by atoms with E-state index in [1.807, 2.05) is 69.3 Å². The first-order valence-corrected chi connectivity index (χ1v) is 17.1. The zero-order chi connectivity index (χ0) is 35.4. The quantitative estimate of drug-likeness (QED) is 0.158. The fraction of sp³-hybridized carbons (Fsp3) is 0.436. The van der Waals surface area contributed by atoms with Gasteiger partial charge in [-0.3, -0.25) is 9.59 Å². The molecule has 1 aliphatic carbocycles. The lowest BCUT2D eigenvalue weighted by Crippen LogP contribution is -2.42. The summed E-state index contributed by atoms with van der Waals surface area (Å²) in [6, 6.07) is 16.9. The second-order valence-corrected chi connectivity index (χ2v) is 14.0. The lowest BCUT2D eigenvalue weighted by molar-refractivity contribution is 0.0198. The average Bonchev–Trinajstić information content (AvgIpc) is 3.93. The summed E-state index contributed by atoms with van der Waals surface area (Å²) in [6.07, 6.45) is 3.40. The Morgan fingerprint density at radius 2 is 1.72 bits per heavy atom. The zero-order valence-corrected chi connectivity index (χ0v) is 29.4. The molecule has 0 spiro atoms. The maximum Gasteiger partial charge on any atom is 0.410 e. The number of nitrogens with zero attached hydrogens (tertiary/aromatic N) is 2. The molecule has 2 fully saturated rings. The van der Waals surface area contributed by atoms with Gasteiger partial charge in [0.1, 0.15) is 41.7 Å². The molecule has 50 heavy (non-hydrogen) atoms. The molecule has 1 amide bonds. The maximum atomic E-state index is 13.3. The van der Waals surface area contributed by atoms with E-state index in [2.05, 4.69) is 4.98 Å². The molecule has 11 nitrogen and oxygen atoms in total. The Balaban J connectivity index is 1.46. The van der Waals surface area contributed by atoms with Crippen LogP contribution in [-0.4, -0.2) is 72.9 Å². The lowest BCUT2D eigenvalue weighted by Gasteiger charge is -2.34. The van der Waals surface area contributed by atoms with Gasteiger partial charge in [-0.1, -0.05) is 18.2 Å².